The maximum atomic E-state index is 15.6. The summed E-state index contributed by atoms with van der Waals surface area (Å²) in [6.45, 7) is 10.8. The molecule has 0 spiro atoms. The third-order valence-electron chi connectivity index (χ3n) is 5.22. The molecule has 0 saturated heterocycles. The number of carbonyl (C=O) groups excluding carboxylic acids is 2. The summed E-state index contributed by atoms with van der Waals surface area (Å²) in [6.07, 6.45) is 1.48. The van der Waals surface area contributed by atoms with Crippen LogP contribution in [0, 0.1) is 16.6 Å². The van der Waals surface area contributed by atoms with Crippen LogP contribution in [0.3, 0.4) is 0 Å². The number of anilines is 2. The molecule has 5 nitrogen and oxygen atoms in total. The van der Waals surface area contributed by atoms with Crippen LogP contribution in [-0.4, -0.2) is 16.8 Å². The van der Waals surface area contributed by atoms with Gasteiger partial charge in [0.1, 0.15) is 5.69 Å². The minimum Gasteiger partial charge on any atom is -0.325 e. The topological polar surface area (TPSA) is 71.1 Å². The fourth-order valence-corrected chi connectivity index (χ4v) is 3.33. The van der Waals surface area contributed by atoms with Crippen LogP contribution in [0.15, 0.2) is 54.7 Å². The van der Waals surface area contributed by atoms with E-state index in [0.29, 0.717) is 28.1 Å². The number of benzene rings is 2. The van der Waals surface area contributed by atoms with Crippen LogP contribution in [0.25, 0.3) is 22.4 Å². The second-order valence-corrected chi connectivity index (χ2v) is 10.5. The van der Waals surface area contributed by atoms with E-state index in [1.165, 1.54) is 6.20 Å². The quantitative estimate of drug-likeness (QED) is 0.414. The van der Waals surface area contributed by atoms with E-state index in [4.69, 9.17) is 11.6 Å². The lowest BCUT2D eigenvalue weighted by Gasteiger charge is -2.20. The Kier molecular flexibility index (Phi) is 7.13. The van der Waals surface area contributed by atoms with E-state index in [-0.39, 0.29) is 22.5 Å². The van der Waals surface area contributed by atoms with Gasteiger partial charge in [0.15, 0.2) is 5.82 Å². The van der Waals surface area contributed by atoms with Crippen molar-refractivity contribution < 1.29 is 14.0 Å². The molecular weight excluding hydrogens is 453 g/mol. The van der Waals surface area contributed by atoms with Gasteiger partial charge < -0.3 is 10.6 Å². The van der Waals surface area contributed by atoms with Gasteiger partial charge in [0.2, 0.25) is 11.8 Å². The largest absolute Gasteiger partial charge is 0.325 e. The smallest absolute Gasteiger partial charge is 0.229 e. The molecule has 0 aliphatic carbocycles. The van der Waals surface area contributed by atoms with Gasteiger partial charge in [-0.05, 0) is 12.1 Å². The molecule has 0 aliphatic heterocycles. The number of aromatic nitrogens is 1. The van der Waals surface area contributed by atoms with Crippen LogP contribution < -0.4 is 10.6 Å². The van der Waals surface area contributed by atoms with Crippen LogP contribution in [0.5, 0.6) is 0 Å². The predicted octanol–water partition coefficient (Wildman–Crippen LogP) is 7.18. The van der Waals surface area contributed by atoms with E-state index in [1.54, 1.807) is 69.3 Å². The molecule has 2 N–H and O–H groups in total. The summed E-state index contributed by atoms with van der Waals surface area (Å²) in [5.74, 6) is -1.09. The van der Waals surface area contributed by atoms with Crippen LogP contribution in [0.1, 0.15) is 41.5 Å². The molecule has 0 aliphatic rings. The van der Waals surface area contributed by atoms with Crippen LogP contribution >= 0.6 is 11.6 Å². The molecule has 0 radical (unpaired) electrons. The maximum Gasteiger partial charge on any atom is 0.229 e. The van der Waals surface area contributed by atoms with Gasteiger partial charge in [-0.3, -0.25) is 14.6 Å². The van der Waals surface area contributed by atoms with E-state index in [0.717, 1.165) is 0 Å². The fraction of sp³-hybridized carbons (Fsp3) is 0.296. The molecule has 2 amide bonds. The second kappa shape index (κ2) is 9.55. The Bertz CT molecular complexity index is 1150. The van der Waals surface area contributed by atoms with Crippen LogP contribution in [-0.2, 0) is 9.59 Å². The highest BCUT2D eigenvalue weighted by molar-refractivity contribution is 6.34. The molecule has 0 fully saturated rings. The highest BCUT2D eigenvalue weighted by atomic mass is 35.5. The second-order valence-electron chi connectivity index (χ2n) is 10.1. The number of amides is 2. The molecule has 3 rings (SSSR count). The summed E-state index contributed by atoms with van der Waals surface area (Å²) in [7, 11) is 0. The Balaban J connectivity index is 2.05. The van der Waals surface area contributed by atoms with E-state index >= 15 is 4.39 Å². The van der Waals surface area contributed by atoms with Crippen LogP contribution in [0.4, 0.5) is 15.8 Å². The normalized spacial score (nSPS) is 11.8. The molecule has 1 aromatic heterocycles. The molecule has 178 valence electrons. The highest BCUT2D eigenvalue weighted by Gasteiger charge is 2.25. The monoisotopic (exact) mass is 481 g/mol. The number of para-hydroxylation sites is 2. The van der Waals surface area contributed by atoms with Crippen molar-refractivity contribution in [3.63, 3.8) is 0 Å². The van der Waals surface area contributed by atoms with E-state index in [1.807, 2.05) is 20.8 Å². The zero-order chi connectivity index (χ0) is 25.3. The molecule has 0 unspecified atom stereocenters. The number of halogens is 2. The lowest BCUT2D eigenvalue weighted by molar-refractivity contribution is -0.123. The Morgan fingerprint density at radius 1 is 0.765 bits per heavy atom. The molecule has 7 heteroatoms. The third kappa shape index (κ3) is 5.45. The van der Waals surface area contributed by atoms with Crippen molar-refractivity contribution in [1.82, 2.24) is 4.98 Å². The van der Waals surface area contributed by atoms with Gasteiger partial charge in [-0.2, -0.15) is 0 Å². The first-order valence-electron chi connectivity index (χ1n) is 11.0. The van der Waals surface area contributed by atoms with Gasteiger partial charge >= 0.3 is 0 Å². The lowest BCUT2D eigenvalue weighted by Crippen LogP contribution is -2.28. The van der Waals surface area contributed by atoms with Crippen molar-refractivity contribution in [2.75, 3.05) is 10.6 Å². The number of pyridine rings is 1. The Labute approximate surface area is 204 Å². The maximum absolute atomic E-state index is 15.6. The standard InChI is InChI=1S/C27H29ClFN3O2/c1-26(2,3)24(33)31-19-13-9-7-11-16(19)18-15-30-23(22(29)21(18)28)17-12-8-10-14-20(17)32-25(34)27(4,5)6/h7-15H,1-6H3,(H,31,33)(H,32,34). The molecule has 0 saturated carbocycles. The molecule has 0 atom stereocenters. The predicted molar refractivity (Wildman–Crippen MR) is 136 cm³/mol. The Hall–Kier alpha value is -3.25. The molecule has 34 heavy (non-hydrogen) atoms. The first-order chi connectivity index (χ1) is 15.8. The first-order valence-corrected chi connectivity index (χ1v) is 11.3. The van der Waals surface area contributed by atoms with Gasteiger partial charge in [-0.15, -0.1) is 0 Å². The number of nitrogens with one attached hydrogen (secondary N) is 2. The number of rotatable bonds is 4. The molecular formula is C27H29ClFN3O2. The average molecular weight is 482 g/mol. The van der Waals surface area contributed by atoms with Gasteiger partial charge in [0, 0.05) is 39.4 Å². The average Bonchev–Trinajstić information content (AvgIpc) is 2.75. The summed E-state index contributed by atoms with van der Waals surface area (Å²) in [4.78, 5) is 29.4. The van der Waals surface area contributed by atoms with Crippen molar-refractivity contribution in [2.45, 2.75) is 41.5 Å². The fourth-order valence-electron chi connectivity index (χ4n) is 3.09. The van der Waals surface area contributed by atoms with Crippen molar-refractivity contribution in [3.05, 3.63) is 65.6 Å². The van der Waals surface area contributed by atoms with Crippen molar-refractivity contribution >= 4 is 34.8 Å². The molecule has 1 heterocycles. The number of carbonyl (C=O) groups is 2. The number of nitrogens with zero attached hydrogens (tertiary/aromatic N) is 1. The Morgan fingerprint density at radius 3 is 1.71 bits per heavy atom. The van der Waals surface area contributed by atoms with Gasteiger partial charge in [-0.1, -0.05) is 89.5 Å². The Morgan fingerprint density at radius 2 is 1.21 bits per heavy atom. The lowest BCUT2D eigenvalue weighted by atomic mass is 9.94. The summed E-state index contributed by atoms with van der Waals surface area (Å²) >= 11 is 6.50. The van der Waals surface area contributed by atoms with E-state index < -0.39 is 16.6 Å². The number of hydrogen-bond acceptors (Lipinski definition) is 3. The molecule has 2 aromatic carbocycles. The van der Waals surface area contributed by atoms with Crippen molar-refractivity contribution in [3.8, 4) is 22.4 Å². The summed E-state index contributed by atoms with van der Waals surface area (Å²) in [6, 6.07) is 13.9. The highest BCUT2D eigenvalue weighted by Crippen LogP contribution is 2.39. The van der Waals surface area contributed by atoms with E-state index in [9.17, 15) is 9.59 Å². The van der Waals surface area contributed by atoms with Crippen molar-refractivity contribution in [1.29, 1.82) is 0 Å². The number of hydrogen-bond donors (Lipinski definition) is 2. The zero-order valence-corrected chi connectivity index (χ0v) is 21.0. The van der Waals surface area contributed by atoms with E-state index in [2.05, 4.69) is 15.6 Å². The zero-order valence-electron chi connectivity index (χ0n) is 20.2. The molecule has 3 aromatic rings. The summed E-state index contributed by atoms with van der Waals surface area (Å²) in [5, 5.41) is 5.62. The van der Waals surface area contributed by atoms with Gasteiger partial charge in [0.25, 0.3) is 0 Å². The minimum atomic E-state index is -0.714. The summed E-state index contributed by atoms with van der Waals surface area (Å²) < 4.78 is 15.6. The summed E-state index contributed by atoms with van der Waals surface area (Å²) in [5.41, 5.74) is 1.07. The molecule has 0 bridgehead atoms. The third-order valence-corrected chi connectivity index (χ3v) is 5.59. The van der Waals surface area contributed by atoms with Gasteiger partial charge in [-0.25, -0.2) is 4.39 Å². The minimum absolute atomic E-state index is 0.0229. The first kappa shape index (κ1) is 25.4. The van der Waals surface area contributed by atoms with Crippen LogP contribution in [0.2, 0.25) is 5.02 Å². The van der Waals surface area contributed by atoms with Gasteiger partial charge in [0.05, 0.1) is 10.7 Å². The SMILES string of the molecule is CC(C)(C)C(=O)Nc1ccccc1-c1cnc(-c2ccccc2NC(=O)C(C)(C)C)c(F)c1Cl. The van der Waals surface area contributed by atoms with Crippen molar-refractivity contribution in [2.24, 2.45) is 10.8 Å².